The predicted molar refractivity (Wildman–Crippen MR) is 137 cm³/mol. The fraction of sp³-hybridized carbons (Fsp3) is 0.400. The molecule has 0 saturated carbocycles. The third kappa shape index (κ3) is 5.51. The Kier molecular flexibility index (Phi) is 8.02. The van der Waals surface area contributed by atoms with Crippen molar-refractivity contribution >= 4 is 24.1 Å². The third-order valence-electron chi connectivity index (χ3n) is 6.69. The molecule has 1 aromatic carbocycles. The van der Waals surface area contributed by atoms with Crippen molar-refractivity contribution in [1.29, 1.82) is 0 Å². The number of anilines is 1. The molecule has 3 atom stereocenters. The lowest BCUT2D eigenvalue weighted by Gasteiger charge is -2.33. The predicted octanol–water partition coefficient (Wildman–Crippen LogP) is 4.14. The second-order valence-corrected chi connectivity index (χ2v) is 9.06. The van der Waals surface area contributed by atoms with E-state index in [0.29, 0.717) is 34.9 Å². The van der Waals surface area contributed by atoms with Crippen LogP contribution in [0.15, 0.2) is 42.6 Å². The molecule has 2 unspecified atom stereocenters. The molecule has 2 aliphatic heterocycles. The van der Waals surface area contributed by atoms with Gasteiger partial charge >= 0.3 is 6.18 Å². The molecule has 0 bridgehead atoms. The molecule has 38 heavy (non-hydrogen) atoms. The molecule has 4 heterocycles. The average Bonchev–Trinajstić information content (AvgIpc) is 3.57. The van der Waals surface area contributed by atoms with Gasteiger partial charge in [-0.25, -0.2) is 4.68 Å². The molecular formula is C25H28ClF3N6O3. The van der Waals surface area contributed by atoms with Crippen molar-refractivity contribution in [2.45, 2.75) is 37.1 Å². The van der Waals surface area contributed by atoms with E-state index in [0.717, 1.165) is 17.6 Å². The SMILES string of the molecule is COc1ccc(C2CC(C(F)(F)F)n3nc(-c4ccc(C(=O)N[C@H]5CCNC5)nc4)cc3N2)cc1OC.Cl. The highest BCUT2D eigenvalue weighted by Crippen LogP contribution is 2.45. The van der Waals surface area contributed by atoms with E-state index in [2.05, 4.69) is 26.0 Å². The van der Waals surface area contributed by atoms with Crippen LogP contribution in [0, 0.1) is 0 Å². The molecule has 0 radical (unpaired) electrons. The first kappa shape index (κ1) is 27.5. The molecule has 5 rings (SSSR count). The highest BCUT2D eigenvalue weighted by molar-refractivity contribution is 5.92. The van der Waals surface area contributed by atoms with E-state index in [1.165, 1.54) is 20.4 Å². The zero-order chi connectivity index (χ0) is 26.2. The maximum atomic E-state index is 14.1. The minimum Gasteiger partial charge on any atom is -0.493 e. The van der Waals surface area contributed by atoms with Crippen LogP contribution in [-0.2, 0) is 0 Å². The van der Waals surface area contributed by atoms with Gasteiger partial charge in [0.2, 0.25) is 0 Å². The monoisotopic (exact) mass is 552 g/mol. The van der Waals surface area contributed by atoms with Crippen molar-refractivity contribution in [1.82, 2.24) is 25.4 Å². The number of amides is 1. The molecule has 1 amide bonds. The standard InChI is InChI=1S/C25H27F3N6O3.ClH/c1-36-20-6-4-14(9-21(20)37-2)18-10-22(25(26,27)28)34-23(32-18)11-19(33-34)15-3-5-17(30-12-15)24(35)31-16-7-8-29-13-16;/h3-6,9,11-12,16,18,22,29,32H,7-8,10,13H2,1-2H3,(H,31,35);1H/t16-,18?,22?;/m0./s1. The van der Waals surface area contributed by atoms with Crippen molar-refractivity contribution in [3.05, 3.63) is 53.9 Å². The van der Waals surface area contributed by atoms with Crippen LogP contribution < -0.4 is 25.4 Å². The molecule has 13 heteroatoms. The average molecular weight is 553 g/mol. The van der Waals surface area contributed by atoms with Crippen LogP contribution in [0.4, 0.5) is 19.0 Å². The molecule has 204 valence electrons. The minimum atomic E-state index is -4.51. The van der Waals surface area contributed by atoms with Gasteiger partial charge in [-0.15, -0.1) is 12.4 Å². The number of rotatable bonds is 6. The Morgan fingerprint density at radius 3 is 2.55 bits per heavy atom. The number of pyridine rings is 1. The number of fused-ring (bicyclic) bond motifs is 1. The van der Waals surface area contributed by atoms with E-state index in [-0.39, 0.29) is 42.3 Å². The molecule has 1 fully saturated rings. The maximum absolute atomic E-state index is 14.1. The number of hydrogen-bond donors (Lipinski definition) is 3. The van der Waals surface area contributed by atoms with E-state index in [4.69, 9.17) is 9.47 Å². The van der Waals surface area contributed by atoms with E-state index in [9.17, 15) is 18.0 Å². The first-order valence-corrected chi connectivity index (χ1v) is 11.9. The first-order valence-electron chi connectivity index (χ1n) is 11.9. The molecule has 3 N–H and O–H groups in total. The maximum Gasteiger partial charge on any atom is 0.410 e. The number of hydrogen-bond acceptors (Lipinski definition) is 7. The van der Waals surface area contributed by atoms with Crippen LogP contribution in [-0.4, -0.2) is 60.2 Å². The number of benzene rings is 1. The van der Waals surface area contributed by atoms with Crippen LogP contribution >= 0.6 is 12.4 Å². The largest absolute Gasteiger partial charge is 0.493 e. The molecule has 9 nitrogen and oxygen atoms in total. The number of methoxy groups -OCH3 is 2. The molecular weight excluding hydrogens is 525 g/mol. The number of halogens is 4. The molecule has 1 saturated heterocycles. The quantitative estimate of drug-likeness (QED) is 0.422. The second-order valence-electron chi connectivity index (χ2n) is 9.06. The molecule has 0 spiro atoms. The minimum absolute atomic E-state index is 0. The molecule has 3 aromatic rings. The van der Waals surface area contributed by atoms with E-state index in [1.54, 1.807) is 36.4 Å². The van der Waals surface area contributed by atoms with Crippen LogP contribution in [0.2, 0.25) is 0 Å². The lowest BCUT2D eigenvalue weighted by atomic mass is 9.96. The summed E-state index contributed by atoms with van der Waals surface area (Å²) < 4.78 is 53.8. The Morgan fingerprint density at radius 2 is 1.92 bits per heavy atom. The summed E-state index contributed by atoms with van der Waals surface area (Å²) in [5.74, 6) is 0.871. The summed E-state index contributed by atoms with van der Waals surface area (Å²) in [5.41, 5.74) is 1.70. The summed E-state index contributed by atoms with van der Waals surface area (Å²) in [7, 11) is 2.97. The highest BCUT2D eigenvalue weighted by atomic mass is 35.5. The summed E-state index contributed by atoms with van der Waals surface area (Å²) in [4.78, 5) is 16.7. The van der Waals surface area contributed by atoms with Crippen molar-refractivity contribution in [3.63, 3.8) is 0 Å². The van der Waals surface area contributed by atoms with Gasteiger partial charge in [-0.3, -0.25) is 9.78 Å². The number of nitrogens with zero attached hydrogens (tertiary/aromatic N) is 3. The molecule has 2 aromatic heterocycles. The normalized spacial score (nSPS) is 20.6. The number of alkyl halides is 3. The summed E-state index contributed by atoms with van der Waals surface area (Å²) >= 11 is 0. The Morgan fingerprint density at radius 1 is 1.13 bits per heavy atom. The van der Waals surface area contributed by atoms with Crippen LogP contribution in [0.25, 0.3) is 11.3 Å². The number of carbonyl (C=O) groups is 1. The van der Waals surface area contributed by atoms with E-state index >= 15 is 0 Å². The summed E-state index contributed by atoms with van der Waals surface area (Å²) in [6.07, 6.45) is -2.46. The van der Waals surface area contributed by atoms with Gasteiger partial charge in [0.15, 0.2) is 17.5 Å². The van der Waals surface area contributed by atoms with Gasteiger partial charge in [-0.2, -0.15) is 18.3 Å². The third-order valence-corrected chi connectivity index (χ3v) is 6.69. The summed E-state index contributed by atoms with van der Waals surface area (Å²) in [6, 6.07) is 7.41. The highest BCUT2D eigenvalue weighted by Gasteiger charge is 2.46. The second kappa shape index (κ2) is 11.1. The summed E-state index contributed by atoms with van der Waals surface area (Å²) in [5, 5.41) is 13.5. The summed E-state index contributed by atoms with van der Waals surface area (Å²) in [6.45, 7) is 1.56. The Hall–Kier alpha value is -3.51. The van der Waals surface area contributed by atoms with Gasteiger partial charge in [0, 0.05) is 36.8 Å². The number of aromatic nitrogens is 3. The van der Waals surface area contributed by atoms with Crippen LogP contribution in [0.3, 0.4) is 0 Å². The fourth-order valence-electron chi connectivity index (χ4n) is 4.72. The lowest BCUT2D eigenvalue weighted by molar-refractivity contribution is -0.173. The van der Waals surface area contributed by atoms with Gasteiger partial charge in [-0.1, -0.05) is 6.07 Å². The van der Waals surface area contributed by atoms with Crippen LogP contribution in [0.5, 0.6) is 11.5 Å². The molecule has 2 aliphatic rings. The van der Waals surface area contributed by atoms with Gasteiger partial charge in [0.25, 0.3) is 5.91 Å². The van der Waals surface area contributed by atoms with Gasteiger partial charge in [0.05, 0.1) is 26.0 Å². The first-order chi connectivity index (χ1) is 17.8. The van der Waals surface area contributed by atoms with Crippen molar-refractivity contribution in [2.75, 3.05) is 32.6 Å². The smallest absolute Gasteiger partial charge is 0.410 e. The zero-order valence-corrected chi connectivity index (χ0v) is 21.5. The lowest BCUT2D eigenvalue weighted by Crippen LogP contribution is -2.36. The number of ether oxygens (including phenoxy) is 2. The molecule has 0 aliphatic carbocycles. The topological polar surface area (TPSA) is 102 Å². The Labute approximate surface area is 223 Å². The van der Waals surface area contributed by atoms with Gasteiger partial charge in [0.1, 0.15) is 11.5 Å². The van der Waals surface area contributed by atoms with E-state index < -0.39 is 18.3 Å². The van der Waals surface area contributed by atoms with Gasteiger partial charge < -0.3 is 25.4 Å². The van der Waals surface area contributed by atoms with E-state index in [1.807, 2.05) is 0 Å². The fourth-order valence-corrected chi connectivity index (χ4v) is 4.72. The van der Waals surface area contributed by atoms with Gasteiger partial charge in [-0.05, 0) is 42.8 Å². The zero-order valence-electron chi connectivity index (χ0n) is 20.7. The Bertz CT molecular complexity index is 1280. The Balaban J connectivity index is 0.00000336. The van der Waals surface area contributed by atoms with Crippen molar-refractivity contribution in [3.8, 4) is 22.8 Å². The van der Waals surface area contributed by atoms with Crippen LogP contribution in [0.1, 0.15) is 41.0 Å². The number of carbonyl (C=O) groups excluding carboxylic acids is 1. The number of nitrogens with one attached hydrogen (secondary N) is 3. The van der Waals surface area contributed by atoms with Crippen molar-refractivity contribution in [2.24, 2.45) is 0 Å². The van der Waals surface area contributed by atoms with Crippen molar-refractivity contribution < 1.29 is 27.4 Å².